The molecule has 2 rings (SSSR count). The average molecular weight is 464 g/mol. The highest BCUT2D eigenvalue weighted by Gasteiger charge is 2.25. The van der Waals surface area contributed by atoms with Gasteiger partial charge in [-0.15, -0.1) is 0 Å². The monoisotopic (exact) mass is 463 g/mol. The number of azo groups is 1. The van der Waals surface area contributed by atoms with E-state index < -0.39 is 17.7 Å². The number of carbonyl (C=O) groups excluding carboxylic acids is 2. The van der Waals surface area contributed by atoms with Gasteiger partial charge in [0.05, 0.1) is 43.8 Å². The topological polar surface area (TPSA) is 108 Å². The summed E-state index contributed by atoms with van der Waals surface area (Å²) >= 11 is 6.09. The fourth-order valence-corrected chi connectivity index (χ4v) is 2.93. The summed E-state index contributed by atoms with van der Waals surface area (Å²) in [7, 11) is 2.87. The molecule has 1 unspecified atom stereocenters. The van der Waals surface area contributed by atoms with Gasteiger partial charge in [0, 0.05) is 18.2 Å². The maximum atomic E-state index is 12.8. The molecule has 1 N–H and O–H groups in total. The minimum atomic E-state index is -1.37. The Morgan fingerprint density at radius 1 is 0.969 bits per heavy atom. The van der Waals surface area contributed by atoms with Crippen molar-refractivity contribution in [2.75, 3.05) is 32.8 Å². The molecule has 1 amide bonds. The molecule has 0 aliphatic rings. The number of ether oxygens (including phenoxy) is 4. The van der Waals surface area contributed by atoms with E-state index >= 15 is 0 Å². The Balaban J connectivity index is 2.27. The molecule has 0 bridgehead atoms. The van der Waals surface area contributed by atoms with Gasteiger partial charge in [-0.25, -0.2) is 0 Å². The normalized spacial score (nSPS) is 11.7. The summed E-state index contributed by atoms with van der Waals surface area (Å²) in [6, 6.07) is 6.59. The number of Topliss-reactive ketones (excluding diaryl/α,β-unsaturated/α-hetero) is 1. The van der Waals surface area contributed by atoms with Crippen LogP contribution in [0.2, 0.25) is 5.02 Å². The van der Waals surface area contributed by atoms with Crippen LogP contribution in [-0.4, -0.2) is 45.2 Å². The third-order valence-electron chi connectivity index (χ3n) is 4.18. The molecule has 0 spiro atoms. The van der Waals surface area contributed by atoms with Crippen LogP contribution in [0.5, 0.6) is 23.0 Å². The first-order valence-corrected chi connectivity index (χ1v) is 10.3. The van der Waals surface area contributed by atoms with Gasteiger partial charge >= 0.3 is 0 Å². The van der Waals surface area contributed by atoms with Gasteiger partial charge in [0.1, 0.15) is 11.5 Å². The number of halogens is 1. The Bertz CT molecular complexity index is 996. The minimum absolute atomic E-state index is 0.278. The van der Waals surface area contributed by atoms with Crippen molar-refractivity contribution in [1.82, 2.24) is 0 Å². The van der Waals surface area contributed by atoms with Crippen LogP contribution in [0.4, 0.5) is 11.4 Å². The number of rotatable bonds is 11. The van der Waals surface area contributed by atoms with Crippen molar-refractivity contribution in [3.8, 4) is 23.0 Å². The van der Waals surface area contributed by atoms with E-state index in [0.717, 1.165) is 0 Å². The van der Waals surface area contributed by atoms with Crippen LogP contribution in [0.3, 0.4) is 0 Å². The number of hydrogen-bond donors (Lipinski definition) is 1. The number of carbonyl (C=O) groups is 2. The molecule has 0 radical (unpaired) electrons. The van der Waals surface area contributed by atoms with Gasteiger partial charge in [-0.2, -0.15) is 10.2 Å². The summed E-state index contributed by atoms with van der Waals surface area (Å²) in [5.41, 5.74) is 0.682. The van der Waals surface area contributed by atoms with Crippen LogP contribution in [0.1, 0.15) is 20.8 Å². The van der Waals surface area contributed by atoms with Crippen LogP contribution >= 0.6 is 11.6 Å². The second-order valence-corrected chi connectivity index (χ2v) is 6.81. The molecule has 0 heterocycles. The Morgan fingerprint density at radius 2 is 1.62 bits per heavy atom. The Kier molecular flexibility index (Phi) is 9.27. The Morgan fingerprint density at radius 3 is 2.22 bits per heavy atom. The van der Waals surface area contributed by atoms with Crippen LogP contribution < -0.4 is 24.3 Å². The quantitative estimate of drug-likeness (QED) is 0.377. The summed E-state index contributed by atoms with van der Waals surface area (Å²) < 4.78 is 21.5. The van der Waals surface area contributed by atoms with Crippen molar-refractivity contribution < 1.29 is 28.5 Å². The van der Waals surface area contributed by atoms with E-state index in [4.69, 9.17) is 30.5 Å². The van der Waals surface area contributed by atoms with Crippen molar-refractivity contribution in [2.45, 2.75) is 26.8 Å². The number of anilines is 1. The van der Waals surface area contributed by atoms with Gasteiger partial charge in [-0.05, 0) is 32.9 Å². The lowest BCUT2D eigenvalue weighted by Crippen LogP contribution is -2.32. The Labute approximate surface area is 191 Å². The largest absolute Gasteiger partial charge is 0.495 e. The van der Waals surface area contributed by atoms with Crippen molar-refractivity contribution in [3.05, 3.63) is 35.4 Å². The molecule has 0 saturated heterocycles. The molecule has 9 nitrogen and oxygen atoms in total. The van der Waals surface area contributed by atoms with Crippen molar-refractivity contribution >= 4 is 34.7 Å². The first-order valence-electron chi connectivity index (χ1n) is 9.87. The number of methoxy groups -OCH3 is 2. The van der Waals surface area contributed by atoms with Crippen molar-refractivity contribution in [3.63, 3.8) is 0 Å². The highest BCUT2D eigenvalue weighted by Crippen LogP contribution is 2.36. The second-order valence-electron chi connectivity index (χ2n) is 6.40. The highest BCUT2D eigenvalue weighted by atomic mass is 35.5. The molecule has 172 valence electrons. The van der Waals surface area contributed by atoms with Crippen molar-refractivity contribution in [2.24, 2.45) is 10.2 Å². The molecule has 0 aliphatic carbocycles. The fourth-order valence-electron chi connectivity index (χ4n) is 2.70. The average Bonchev–Trinajstić information content (AvgIpc) is 2.76. The first kappa shape index (κ1) is 24.9. The van der Waals surface area contributed by atoms with E-state index in [1.807, 2.05) is 13.8 Å². The lowest BCUT2D eigenvalue weighted by atomic mass is 10.2. The summed E-state index contributed by atoms with van der Waals surface area (Å²) in [4.78, 5) is 24.9. The van der Waals surface area contributed by atoms with Crippen LogP contribution in [0.25, 0.3) is 0 Å². The van der Waals surface area contributed by atoms with Crippen LogP contribution in [-0.2, 0) is 9.59 Å². The molecule has 1 atom stereocenters. The van der Waals surface area contributed by atoms with E-state index in [9.17, 15) is 9.59 Å². The van der Waals surface area contributed by atoms with Gasteiger partial charge in [0.25, 0.3) is 5.91 Å². The number of amides is 1. The molecule has 2 aromatic carbocycles. The first-order chi connectivity index (χ1) is 15.3. The molecular formula is C22H26ClN3O6. The van der Waals surface area contributed by atoms with E-state index in [1.54, 1.807) is 18.2 Å². The van der Waals surface area contributed by atoms with Gasteiger partial charge in [0.15, 0.2) is 17.3 Å². The van der Waals surface area contributed by atoms with E-state index in [2.05, 4.69) is 15.5 Å². The number of nitrogens with one attached hydrogen (secondary N) is 1. The minimum Gasteiger partial charge on any atom is -0.495 e. The van der Waals surface area contributed by atoms with Crippen LogP contribution in [0.15, 0.2) is 40.6 Å². The number of nitrogens with zero attached hydrogens (tertiary/aromatic N) is 2. The second kappa shape index (κ2) is 11.9. The third-order valence-corrected chi connectivity index (χ3v) is 4.48. The predicted molar refractivity (Wildman–Crippen MR) is 121 cm³/mol. The maximum Gasteiger partial charge on any atom is 0.258 e. The summed E-state index contributed by atoms with van der Waals surface area (Å²) in [6.45, 7) is 5.88. The molecule has 10 heteroatoms. The lowest BCUT2D eigenvalue weighted by Gasteiger charge is -2.15. The van der Waals surface area contributed by atoms with Gasteiger partial charge in [-0.1, -0.05) is 11.6 Å². The lowest BCUT2D eigenvalue weighted by molar-refractivity contribution is -0.126. The summed E-state index contributed by atoms with van der Waals surface area (Å²) in [5, 5.41) is 10.9. The molecule has 2 aromatic rings. The van der Waals surface area contributed by atoms with Gasteiger partial charge in [0.2, 0.25) is 6.04 Å². The van der Waals surface area contributed by atoms with Gasteiger partial charge in [-0.3, -0.25) is 9.59 Å². The SMILES string of the molecule is CCOc1ccc(N=NC(C(C)=O)C(=O)Nc2cc(OC)c(Cl)cc2OC)cc1OCC. The smallest absolute Gasteiger partial charge is 0.258 e. The standard InChI is InChI=1S/C22H26ClN3O6/c1-6-31-17-9-8-14(10-20(17)32-7-2)25-26-21(13(3)27)22(28)24-16-12-18(29-4)15(23)11-19(16)30-5/h8-12,21H,6-7H2,1-5H3,(H,24,28). The zero-order valence-electron chi connectivity index (χ0n) is 18.6. The fraction of sp³-hybridized carbons (Fsp3) is 0.364. The van der Waals surface area contributed by atoms with E-state index in [1.165, 1.54) is 33.3 Å². The number of hydrogen-bond acceptors (Lipinski definition) is 8. The number of benzene rings is 2. The molecule has 0 saturated carbocycles. The zero-order chi connectivity index (χ0) is 23.7. The van der Waals surface area contributed by atoms with Crippen LogP contribution in [0, 0.1) is 0 Å². The van der Waals surface area contributed by atoms with Crippen molar-refractivity contribution in [1.29, 1.82) is 0 Å². The Hall–Kier alpha value is -3.33. The molecule has 0 aromatic heterocycles. The highest BCUT2D eigenvalue weighted by molar-refractivity contribution is 6.32. The van der Waals surface area contributed by atoms with E-state index in [-0.39, 0.29) is 5.69 Å². The summed E-state index contributed by atoms with van der Waals surface area (Å²) in [5.74, 6) is 0.533. The molecular weight excluding hydrogens is 438 g/mol. The summed E-state index contributed by atoms with van der Waals surface area (Å²) in [6.07, 6.45) is 0. The van der Waals surface area contributed by atoms with Gasteiger partial charge < -0.3 is 24.3 Å². The number of ketones is 1. The molecule has 32 heavy (non-hydrogen) atoms. The third kappa shape index (κ3) is 6.34. The predicted octanol–water partition coefficient (Wildman–Crippen LogP) is 4.83. The van der Waals surface area contributed by atoms with E-state index in [0.29, 0.717) is 46.9 Å². The molecule has 0 aliphatic heterocycles. The maximum absolute atomic E-state index is 12.8. The zero-order valence-corrected chi connectivity index (χ0v) is 19.4. The molecule has 0 fully saturated rings.